The van der Waals surface area contributed by atoms with E-state index in [9.17, 15) is 19.8 Å². The molecule has 2 N–H and O–H groups in total. The van der Waals surface area contributed by atoms with Crippen LogP contribution in [0.3, 0.4) is 0 Å². The van der Waals surface area contributed by atoms with Gasteiger partial charge >= 0.3 is 5.97 Å². The van der Waals surface area contributed by atoms with E-state index < -0.39 is 11.6 Å². The maximum atomic E-state index is 12.0. The van der Waals surface area contributed by atoms with Gasteiger partial charge in [0.25, 0.3) is 0 Å². The summed E-state index contributed by atoms with van der Waals surface area (Å²) in [5, 5.41) is 20.0. The van der Waals surface area contributed by atoms with Crippen LogP contribution in [0.2, 0.25) is 0 Å². The van der Waals surface area contributed by atoms with Crippen LogP contribution in [0.5, 0.6) is 0 Å². The van der Waals surface area contributed by atoms with Crippen molar-refractivity contribution in [1.29, 1.82) is 0 Å². The number of carbonyl (C=O) groups excluding carboxylic acids is 1. The molecule has 124 valence electrons. The highest BCUT2D eigenvalue weighted by Crippen LogP contribution is 2.63. The standard InChI is InChI=1S/C18H28O4/c1-10-12-6-8-17(3)14(11(2)19)4-5-15(17)13(12)7-9-18(10,22)16(20)21/h10,12-15,22H,4-9H2,1-3H3,(H,20,21)/t10-,12-,13-,14-,15+,17-,18?/m1/s1. The molecule has 0 saturated heterocycles. The van der Waals surface area contributed by atoms with Crippen molar-refractivity contribution in [3.63, 3.8) is 0 Å². The van der Waals surface area contributed by atoms with Crippen molar-refractivity contribution in [2.24, 2.45) is 35.0 Å². The van der Waals surface area contributed by atoms with Crippen LogP contribution < -0.4 is 0 Å². The fraction of sp³-hybridized carbons (Fsp3) is 0.889. The topological polar surface area (TPSA) is 74.6 Å². The van der Waals surface area contributed by atoms with E-state index in [1.807, 2.05) is 6.92 Å². The maximum absolute atomic E-state index is 12.0. The highest BCUT2D eigenvalue weighted by atomic mass is 16.4. The molecule has 0 aromatic rings. The Morgan fingerprint density at radius 3 is 2.27 bits per heavy atom. The zero-order chi connectivity index (χ0) is 16.3. The molecule has 1 unspecified atom stereocenters. The van der Waals surface area contributed by atoms with Gasteiger partial charge in [-0.3, -0.25) is 4.79 Å². The lowest BCUT2D eigenvalue weighted by Gasteiger charge is -2.55. The molecular formula is C18H28O4. The third-order valence-electron chi connectivity index (χ3n) is 7.61. The van der Waals surface area contributed by atoms with Crippen molar-refractivity contribution >= 4 is 11.8 Å². The van der Waals surface area contributed by atoms with E-state index in [2.05, 4.69) is 6.92 Å². The first kappa shape index (κ1) is 16.0. The number of aliphatic hydroxyl groups is 1. The Balaban J connectivity index is 1.87. The van der Waals surface area contributed by atoms with Crippen molar-refractivity contribution in [3.05, 3.63) is 0 Å². The molecule has 0 aromatic carbocycles. The van der Waals surface area contributed by atoms with Gasteiger partial charge in [0.1, 0.15) is 5.78 Å². The molecule has 0 radical (unpaired) electrons. The number of carbonyl (C=O) groups is 2. The van der Waals surface area contributed by atoms with Crippen molar-refractivity contribution in [3.8, 4) is 0 Å². The summed E-state index contributed by atoms with van der Waals surface area (Å²) in [5.74, 6) is 0.477. The Hall–Kier alpha value is -0.900. The molecule has 7 atom stereocenters. The molecule has 0 bridgehead atoms. The molecule has 22 heavy (non-hydrogen) atoms. The first-order valence-electron chi connectivity index (χ1n) is 8.68. The van der Waals surface area contributed by atoms with E-state index in [4.69, 9.17) is 0 Å². The molecule has 3 rings (SSSR count). The number of hydrogen-bond acceptors (Lipinski definition) is 3. The fourth-order valence-electron chi connectivity index (χ4n) is 6.29. The lowest BCUT2D eigenvalue weighted by atomic mass is 9.50. The Labute approximate surface area is 132 Å². The van der Waals surface area contributed by atoms with Crippen LogP contribution in [0.25, 0.3) is 0 Å². The monoisotopic (exact) mass is 308 g/mol. The average molecular weight is 308 g/mol. The van der Waals surface area contributed by atoms with Crippen molar-refractivity contribution < 1.29 is 19.8 Å². The van der Waals surface area contributed by atoms with Gasteiger partial charge in [0.05, 0.1) is 0 Å². The van der Waals surface area contributed by atoms with Crippen molar-refractivity contribution in [2.45, 2.75) is 64.9 Å². The van der Waals surface area contributed by atoms with E-state index in [-0.39, 0.29) is 23.2 Å². The van der Waals surface area contributed by atoms with Crippen LogP contribution in [-0.4, -0.2) is 27.6 Å². The minimum Gasteiger partial charge on any atom is -0.479 e. The largest absolute Gasteiger partial charge is 0.479 e. The molecule has 0 amide bonds. The minimum absolute atomic E-state index is 0.0887. The van der Waals surface area contributed by atoms with Gasteiger partial charge in [-0.15, -0.1) is 0 Å². The lowest BCUT2D eigenvalue weighted by Crippen LogP contribution is -2.56. The smallest absolute Gasteiger partial charge is 0.335 e. The summed E-state index contributed by atoms with van der Waals surface area (Å²) in [7, 11) is 0. The first-order valence-corrected chi connectivity index (χ1v) is 8.68. The molecule has 0 heterocycles. The highest BCUT2D eigenvalue weighted by molar-refractivity contribution is 5.79. The van der Waals surface area contributed by atoms with Crippen LogP contribution in [0.4, 0.5) is 0 Å². The number of carboxylic acids is 1. The zero-order valence-corrected chi connectivity index (χ0v) is 13.8. The molecule has 3 fully saturated rings. The molecule has 3 aliphatic carbocycles. The summed E-state index contributed by atoms with van der Waals surface area (Å²) in [6.07, 6.45) is 5.13. The molecular weight excluding hydrogens is 280 g/mol. The summed E-state index contributed by atoms with van der Waals surface area (Å²) < 4.78 is 0. The van der Waals surface area contributed by atoms with Gasteiger partial charge < -0.3 is 10.2 Å². The number of carboxylic acid groups (broad SMARTS) is 1. The zero-order valence-electron chi connectivity index (χ0n) is 13.8. The SMILES string of the molecule is CC(=O)[C@H]1CC[C@H]2[C@@H]3CCC(O)(C(=O)O)[C@H](C)[C@H]3CC[C@]12C. The van der Waals surface area contributed by atoms with Gasteiger partial charge in [-0.1, -0.05) is 13.8 Å². The Kier molecular flexibility index (Phi) is 3.67. The van der Waals surface area contributed by atoms with E-state index in [1.54, 1.807) is 6.92 Å². The Bertz CT molecular complexity index is 501. The molecule has 0 aromatic heterocycles. The average Bonchev–Trinajstić information content (AvgIpc) is 2.80. The van der Waals surface area contributed by atoms with Crippen LogP contribution in [0, 0.1) is 35.0 Å². The minimum atomic E-state index is -1.56. The predicted octanol–water partition coefficient (Wildman–Crippen LogP) is 2.88. The van der Waals surface area contributed by atoms with Crippen molar-refractivity contribution in [2.75, 3.05) is 0 Å². The van der Waals surface area contributed by atoms with E-state index in [1.165, 1.54) is 0 Å². The quantitative estimate of drug-likeness (QED) is 0.822. The van der Waals surface area contributed by atoms with Gasteiger partial charge in [0.2, 0.25) is 0 Å². The molecule has 4 heteroatoms. The number of rotatable bonds is 2. The second kappa shape index (κ2) is 5.05. The van der Waals surface area contributed by atoms with Crippen LogP contribution in [-0.2, 0) is 9.59 Å². The van der Waals surface area contributed by atoms with Crippen LogP contribution in [0.15, 0.2) is 0 Å². The number of ketones is 1. The fourth-order valence-corrected chi connectivity index (χ4v) is 6.29. The maximum Gasteiger partial charge on any atom is 0.335 e. The number of aliphatic carboxylic acids is 1. The normalized spacial score (nSPS) is 51.0. The first-order chi connectivity index (χ1) is 10.2. The summed E-state index contributed by atoms with van der Waals surface area (Å²) in [6.45, 7) is 5.90. The highest BCUT2D eigenvalue weighted by Gasteiger charge is 2.60. The molecule has 0 spiro atoms. The molecule has 3 saturated carbocycles. The summed E-state index contributed by atoms with van der Waals surface area (Å²) in [6, 6.07) is 0. The summed E-state index contributed by atoms with van der Waals surface area (Å²) >= 11 is 0. The third kappa shape index (κ3) is 1.99. The summed E-state index contributed by atoms with van der Waals surface area (Å²) in [4.78, 5) is 23.5. The predicted molar refractivity (Wildman–Crippen MR) is 82.2 cm³/mol. The molecule has 0 aliphatic heterocycles. The van der Waals surface area contributed by atoms with Gasteiger partial charge in [0, 0.05) is 5.92 Å². The lowest BCUT2D eigenvalue weighted by molar-refractivity contribution is -0.182. The van der Waals surface area contributed by atoms with Gasteiger partial charge in [-0.05, 0) is 74.5 Å². The number of fused-ring (bicyclic) bond motifs is 3. The second-order valence-electron chi connectivity index (χ2n) is 8.28. The van der Waals surface area contributed by atoms with E-state index >= 15 is 0 Å². The summed E-state index contributed by atoms with van der Waals surface area (Å²) in [5.41, 5.74) is -1.47. The van der Waals surface area contributed by atoms with Gasteiger partial charge in [-0.25, -0.2) is 4.79 Å². The van der Waals surface area contributed by atoms with E-state index in [0.29, 0.717) is 24.0 Å². The molecule has 3 aliphatic rings. The van der Waals surface area contributed by atoms with Gasteiger partial charge in [-0.2, -0.15) is 0 Å². The van der Waals surface area contributed by atoms with Crippen LogP contribution >= 0.6 is 0 Å². The van der Waals surface area contributed by atoms with Gasteiger partial charge in [0.15, 0.2) is 5.60 Å². The number of Topliss-reactive ketones (excluding diaryl/α,β-unsaturated/α-hetero) is 1. The van der Waals surface area contributed by atoms with Crippen molar-refractivity contribution in [1.82, 2.24) is 0 Å². The van der Waals surface area contributed by atoms with Crippen LogP contribution in [0.1, 0.15) is 59.3 Å². The Morgan fingerprint density at radius 1 is 1.05 bits per heavy atom. The Morgan fingerprint density at radius 2 is 1.68 bits per heavy atom. The third-order valence-corrected chi connectivity index (χ3v) is 7.61. The van der Waals surface area contributed by atoms with E-state index in [0.717, 1.165) is 32.1 Å². The number of hydrogen-bond donors (Lipinski definition) is 2. The molecule has 4 nitrogen and oxygen atoms in total. The second-order valence-corrected chi connectivity index (χ2v) is 8.28.